The van der Waals surface area contributed by atoms with Gasteiger partial charge in [-0.2, -0.15) is 0 Å². The van der Waals surface area contributed by atoms with Crippen molar-refractivity contribution in [3.8, 4) is 0 Å². The largest absolute Gasteiger partial charge is 0.294 e. The molecule has 0 spiro atoms. The molecule has 0 unspecified atom stereocenters. The number of non-ortho nitro benzene ring substituents is 1. The summed E-state index contributed by atoms with van der Waals surface area (Å²) in [6.45, 7) is 0.289. The Morgan fingerprint density at radius 1 is 1.37 bits per heavy atom. The number of hydrogen-bond donors (Lipinski definition) is 0. The van der Waals surface area contributed by atoms with Gasteiger partial charge in [0.2, 0.25) is 0 Å². The second kappa shape index (κ2) is 5.66. The third kappa shape index (κ3) is 3.10. The molecule has 0 atom stereocenters. The van der Waals surface area contributed by atoms with Gasteiger partial charge in [-0.05, 0) is 28.2 Å². The van der Waals surface area contributed by atoms with E-state index in [0.29, 0.717) is 3.57 Å². The monoisotopic (exact) mass is 391 g/mol. The van der Waals surface area contributed by atoms with Crippen molar-refractivity contribution in [3.63, 3.8) is 0 Å². The van der Waals surface area contributed by atoms with Gasteiger partial charge in [0.15, 0.2) is 0 Å². The maximum absolute atomic E-state index is 11.9. The Morgan fingerprint density at radius 3 is 2.58 bits per heavy atom. The predicted octanol–water partition coefficient (Wildman–Crippen LogP) is 2.46. The maximum Gasteiger partial charge on any atom is 0.269 e. The van der Waals surface area contributed by atoms with Crippen molar-refractivity contribution in [2.45, 2.75) is 6.54 Å². The molecule has 0 aliphatic rings. The van der Waals surface area contributed by atoms with Gasteiger partial charge in [0.1, 0.15) is 8.72 Å². The Morgan fingerprint density at radius 2 is 2.00 bits per heavy atom. The third-order valence-corrected chi connectivity index (χ3v) is 4.02. The molecule has 8 heteroatoms. The highest BCUT2D eigenvalue weighted by Crippen LogP contribution is 2.13. The highest BCUT2D eigenvalue weighted by molar-refractivity contribution is 14.1. The molecule has 0 bridgehead atoms. The van der Waals surface area contributed by atoms with E-state index < -0.39 is 4.92 Å². The molecule has 6 nitrogen and oxygen atoms in total. The van der Waals surface area contributed by atoms with E-state index in [-0.39, 0.29) is 22.9 Å². The number of halogens is 2. The van der Waals surface area contributed by atoms with E-state index in [1.54, 1.807) is 12.1 Å². The molecule has 0 N–H and O–H groups in total. The Hall–Kier alpha value is -1.48. The van der Waals surface area contributed by atoms with Crippen molar-refractivity contribution in [3.05, 3.63) is 65.3 Å². The minimum atomic E-state index is -0.470. The fourth-order valence-corrected chi connectivity index (χ4v) is 2.05. The van der Waals surface area contributed by atoms with Crippen LogP contribution in [0.5, 0.6) is 0 Å². The Balaban J connectivity index is 2.29. The van der Waals surface area contributed by atoms with Gasteiger partial charge in [0, 0.05) is 12.1 Å². The molecule has 2 rings (SSSR count). The predicted molar refractivity (Wildman–Crippen MR) is 78.4 cm³/mol. The number of nitrogens with zero attached hydrogens (tertiary/aromatic N) is 3. The molecule has 0 aliphatic carbocycles. The van der Waals surface area contributed by atoms with Gasteiger partial charge in [0.25, 0.3) is 11.2 Å². The Kier molecular flexibility index (Phi) is 4.15. The molecule has 0 aliphatic heterocycles. The van der Waals surface area contributed by atoms with E-state index in [4.69, 9.17) is 11.6 Å². The van der Waals surface area contributed by atoms with Crippen LogP contribution in [0.3, 0.4) is 0 Å². The summed E-state index contributed by atoms with van der Waals surface area (Å²) < 4.78 is 1.75. The van der Waals surface area contributed by atoms with Crippen LogP contribution in [0.1, 0.15) is 5.56 Å². The van der Waals surface area contributed by atoms with Crippen molar-refractivity contribution >= 4 is 39.9 Å². The average Bonchev–Trinajstić information content (AvgIpc) is 2.40. The number of nitro benzene ring substituents is 1. The van der Waals surface area contributed by atoms with Gasteiger partial charge in [-0.1, -0.05) is 23.7 Å². The van der Waals surface area contributed by atoms with E-state index >= 15 is 0 Å². The second-order valence-corrected chi connectivity index (χ2v) is 5.14. The average molecular weight is 392 g/mol. The molecular formula is C11H7ClIN3O3. The van der Waals surface area contributed by atoms with E-state index in [9.17, 15) is 14.9 Å². The Bertz CT molecular complexity index is 685. The lowest BCUT2D eigenvalue weighted by Crippen LogP contribution is -2.23. The van der Waals surface area contributed by atoms with Crippen molar-refractivity contribution in [1.82, 2.24) is 9.55 Å². The fraction of sp³-hybridized carbons (Fsp3) is 0.0909. The molecule has 1 heterocycles. The van der Waals surface area contributed by atoms with Crippen LogP contribution in [0, 0.1) is 13.7 Å². The standard InChI is InChI=1S/C11H7ClIN3O3/c12-10-9(13)11(17)15(6-14-10)5-7-1-3-8(4-2-7)16(18)19/h1-4,6H,5H2. The van der Waals surface area contributed by atoms with Crippen LogP contribution in [0.25, 0.3) is 0 Å². The normalized spacial score (nSPS) is 10.4. The lowest BCUT2D eigenvalue weighted by atomic mass is 10.2. The topological polar surface area (TPSA) is 78.0 Å². The van der Waals surface area contributed by atoms with Gasteiger partial charge in [-0.3, -0.25) is 19.5 Å². The summed E-state index contributed by atoms with van der Waals surface area (Å²) in [5.41, 5.74) is 0.548. The molecule has 0 radical (unpaired) electrons. The molecular weight excluding hydrogens is 384 g/mol. The maximum atomic E-state index is 11.9. The molecule has 1 aromatic heterocycles. The van der Waals surface area contributed by atoms with Crippen LogP contribution in [-0.2, 0) is 6.54 Å². The number of aromatic nitrogens is 2. The summed E-state index contributed by atoms with van der Waals surface area (Å²) >= 11 is 7.57. The SMILES string of the molecule is O=c1c(I)c(Cl)ncn1Cc1ccc([N+](=O)[O-])cc1. The van der Waals surface area contributed by atoms with E-state index in [1.165, 1.54) is 23.0 Å². The summed E-state index contributed by atoms with van der Waals surface area (Å²) in [6, 6.07) is 6.00. The van der Waals surface area contributed by atoms with Crippen molar-refractivity contribution in [1.29, 1.82) is 0 Å². The molecule has 0 fully saturated rings. The first kappa shape index (κ1) is 13.9. The first-order valence-corrected chi connectivity index (χ1v) is 6.58. The van der Waals surface area contributed by atoms with Crippen molar-refractivity contribution in [2.75, 3.05) is 0 Å². The summed E-state index contributed by atoms with van der Waals surface area (Å²) in [7, 11) is 0. The lowest BCUT2D eigenvalue weighted by Gasteiger charge is -2.06. The first-order chi connectivity index (χ1) is 8.99. The number of hydrogen-bond acceptors (Lipinski definition) is 4. The zero-order valence-corrected chi connectivity index (χ0v) is 12.3. The van der Waals surface area contributed by atoms with Crippen LogP contribution in [0.4, 0.5) is 5.69 Å². The van der Waals surface area contributed by atoms with E-state index in [2.05, 4.69) is 4.98 Å². The molecule has 2 aromatic rings. The van der Waals surface area contributed by atoms with E-state index in [1.807, 2.05) is 22.6 Å². The number of rotatable bonds is 3. The van der Waals surface area contributed by atoms with Crippen LogP contribution in [0.2, 0.25) is 5.15 Å². The van der Waals surface area contributed by atoms with Crippen LogP contribution in [0.15, 0.2) is 35.4 Å². The lowest BCUT2D eigenvalue weighted by molar-refractivity contribution is -0.384. The zero-order chi connectivity index (χ0) is 14.0. The third-order valence-electron chi connectivity index (χ3n) is 2.44. The quantitative estimate of drug-likeness (QED) is 0.348. The molecule has 0 saturated heterocycles. The van der Waals surface area contributed by atoms with E-state index in [0.717, 1.165) is 5.56 Å². The second-order valence-electron chi connectivity index (χ2n) is 3.71. The minimum Gasteiger partial charge on any atom is -0.294 e. The summed E-state index contributed by atoms with van der Waals surface area (Å²) in [6.07, 6.45) is 1.36. The van der Waals surface area contributed by atoms with Gasteiger partial charge in [0.05, 0.1) is 17.8 Å². The van der Waals surface area contributed by atoms with Crippen LogP contribution in [-0.4, -0.2) is 14.5 Å². The molecule has 0 amide bonds. The molecule has 19 heavy (non-hydrogen) atoms. The molecule has 0 saturated carbocycles. The molecule has 1 aromatic carbocycles. The number of benzene rings is 1. The van der Waals surface area contributed by atoms with Crippen molar-refractivity contribution in [2.24, 2.45) is 0 Å². The van der Waals surface area contributed by atoms with Crippen LogP contribution < -0.4 is 5.56 Å². The first-order valence-electron chi connectivity index (χ1n) is 5.13. The fourth-order valence-electron chi connectivity index (χ4n) is 1.48. The smallest absolute Gasteiger partial charge is 0.269 e. The van der Waals surface area contributed by atoms with Crippen LogP contribution >= 0.6 is 34.2 Å². The molecule has 98 valence electrons. The zero-order valence-electron chi connectivity index (χ0n) is 9.42. The minimum absolute atomic E-state index is 0.0138. The van der Waals surface area contributed by atoms with Gasteiger partial charge in [-0.25, -0.2) is 4.98 Å². The van der Waals surface area contributed by atoms with Gasteiger partial charge >= 0.3 is 0 Å². The number of nitro groups is 1. The summed E-state index contributed by atoms with van der Waals surface area (Å²) in [5.74, 6) is 0. The van der Waals surface area contributed by atoms with Crippen molar-refractivity contribution < 1.29 is 4.92 Å². The Labute approximate surface area is 126 Å². The highest BCUT2D eigenvalue weighted by Gasteiger charge is 2.08. The summed E-state index contributed by atoms with van der Waals surface area (Å²) in [5, 5.41) is 10.7. The summed E-state index contributed by atoms with van der Waals surface area (Å²) in [4.78, 5) is 25.8. The highest BCUT2D eigenvalue weighted by atomic mass is 127. The van der Waals surface area contributed by atoms with Gasteiger partial charge < -0.3 is 0 Å². The van der Waals surface area contributed by atoms with Gasteiger partial charge in [-0.15, -0.1) is 0 Å².